The lowest BCUT2D eigenvalue weighted by Gasteiger charge is -2.32. The highest BCUT2D eigenvalue weighted by molar-refractivity contribution is 7.13. The first-order valence-corrected chi connectivity index (χ1v) is 13.8. The summed E-state index contributed by atoms with van der Waals surface area (Å²) in [7, 11) is 7.62. The van der Waals surface area contributed by atoms with Crippen LogP contribution in [0, 0.1) is 0 Å². The third-order valence-corrected chi connectivity index (χ3v) is 7.60. The van der Waals surface area contributed by atoms with Crippen molar-refractivity contribution >= 4 is 23.2 Å². The molecule has 12 heteroatoms. The van der Waals surface area contributed by atoms with Gasteiger partial charge in [0, 0.05) is 41.7 Å². The molecule has 1 aliphatic heterocycles. The number of carboxylic acids is 1. The van der Waals surface area contributed by atoms with Crippen LogP contribution in [0.5, 0.6) is 11.5 Å². The number of benzene rings is 1. The van der Waals surface area contributed by atoms with Crippen molar-refractivity contribution in [3.8, 4) is 33.2 Å². The number of fused-ring (bicyclic) bond motifs is 3. The van der Waals surface area contributed by atoms with Crippen LogP contribution in [0.25, 0.3) is 21.7 Å². The average Bonchev–Trinajstić information content (AvgIpc) is 3.54. The number of carboxylic acid groups (broad SMARTS) is 1. The summed E-state index contributed by atoms with van der Waals surface area (Å²) < 4.78 is 45.7. The molecule has 0 unspecified atom stereocenters. The summed E-state index contributed by atoms with van der Waals surface area (Å²) in [4.78, 5) is 27.6. The van der Waals surface area contributed by atoms with Crippen LogP contribution in [-0.2, 0) is 17.8 Å². The van der Waals surface area contributed by atoms with Gasteiger partial charge in [0.15, 0.2) is 11.5 Å². The topological polar surface area (TPSA) is 84.2 Å². The normalized spacial score (nSPS) is 12.7. The second-order valence-corrected chi connectivity index (χ2v) is 11.8. The molecule has 0 radical (unpaired) electrons. The first-order valence-electron chi connectivity index (χ1n) is 12.9. The fourth-order valence-electron chi connectivity index (χ4n) is 4.22. The Balaban J connectivity index is 0.000000587. The van der Waals surface area contributed by atoms with E-state index in [1.165, 1.54) is 5.56 Å². The van der Waals surface area contributed by atoms with Crippen LogP contribution in [0.4, 0.5) is 13.2 Å². The maximum atomic E-state index is 13.6. The fourth-order valence-corrected chi connectivity index (χ4v) is 4.96. The molecule has 1 amide bonds. The Kier molecular flexibility index (Phi) is 9.81. The molecule has 41 heavy (non-hydrogen) atoms. The number of hydrogen-bond donors (Lipinski definition) is 1. The van der Waals surface area contributed by atoms with Gasteiger partial charge in [-0.25, -0.2) is 4.79 Å². The van der Waals surface area contributed by atoms with Crippen LogP contribution < -0.4 is 9.47 Å². The number of likely N-dealkylation sites (N-methyl/N-ethyl adjacent to an activating group) is 1. The molecule has 0 saturated heterocycles. The number of thiophene rings is 1. The number of nitrogens with zero attached hydrogens (tertiary/aromatic N) is 3. The number of carbonyl (C=O) groups is 2. The predicted octanol–water partition coefficient (Wildman–Crippen LogP) is 5.89. The van der Waals surface area contributed by atoms with E-state index >= 15 is 0 Å². The largest absolute Gasteiger partial charge is 0.493 e. The summed E-state index contributed by atoms with van der Waals surface area (Å²) in [6.07, 6.45) is -4.26. The number of carbonyl (C=O) groups excluding carboxylic acids is 1. The highest BCUT2D eigenvalue weighted by Gasteiger charge is 2.38. The van der Waals surface area contributed by atoms with E-state index in [0.717, 1.165) is 58.4 Å². The van der Waals surface area contributed by atoms with E-state index in [-0.39, 0.29) is 11.4 Å². The van der Waals surface area contributed by atoms with E-state index in [4.69, 9.17) is 19.4 Å². The Hall–Kier alpha value is -3.51. The molecule has 0 bridgehead atoms. The number of aromatic nitrogens is 1. The van der Waals surface area contributed by atoms with Crippen LogP contribution in [0.15, 0.2) is 35.7 Å². The van der Waals surface area contributed by atoms with E-state index in [9.17, 15) is 18.0 Å². The fraction of sp³-hybridized carbons (Fsp3) is 0.448. The quantitative estimate of drug-likeness (QED) is 0.367. The highest BCUT2D eigenvalue weighted by Crippen LogP contribution is 2.45. The van der Waals surface area contributed by atoms with Crippen molar-refractivity contribution < 1.29 is 37.3 Å². The number of aryl methyl sites for hydroxylation is 1. The lowest BCUT2D eigenvalue weighted by molar-refractivity contribution is -0.192. The summed E-state index contributed by atoms with van der Waals surface area (Å²) in [6.45, 7) is 8.31. The molecule has 2 aromatic heterocycles. The predicted molar refractivity (Wildman–Crippen MR) is 153 cm³/mol. The molecule has 0 atom stereocenters. The van der Waals surface area contributed by atoms with Gasteiger partial charge in [-0.05, 0) is 76.5 Å². The minimum Gasteiger partial charge on any atom is -0.493 e. The van der Waals surface area contributed by atoms with Gasteiger partial charge in [-0.15, -0.1) is 11.3 Å². The molecule has 0 saturated carbocycles. The van der Waals surface area contributed by atoms with Gasteiger partial charge >= 0.3 is 12.1 Å². The maximum Gasteiger partial charge on any atom is 0.490 e. The number of halogens is 3. The van der Waals surface area contributed by atoms with E-state index in [0.29, 0.717) is 6.61 Å². The zero-order valence-electron chi connectivity index (χ0n) is 24.3. The van der Waals surface area contributed by atoms with Gasteiger partial charge in [-0.3, -0.25) is 4.79 Å². The number of methoxy groups -OCH3 is 1. The van der Waals surface area contributed by atoms with Crippen LogP contribution >= 0.6 is 11.3 Å². The third-order valence-electron chi connectivity index (χ3n) is 6.70. The van der Waals surface area contributed by atoms with Crippen molar-refractivity contribution in [2.75, 3.05) is 41.4 Å². The number of hydrogen-bond acceptors (Lipinski definition) is 6. The molecule has 8 nitrogen and oxygen atoms in total. The minimum absolute atomic E-state index is 0.0379. The number of aliphatic carboxylic acids is 1. The van der Waals surface area contributed by atoms with Crippen LogP contribution in [-0.4, -0.2) is 84.5 Å². The maximum absolute atomic E-state index is 13.6. The molecule has 0 spiro atoms. The van der Waals surface area contributed by atoms with Crippen LogP contribution in [0.1, 0.15) is 36.8 Å². The number of rotatable bonds is 7. The van der Waals surface area contributed by atoms with E-state index < -0.39 is 12.1 Å². The molecular formula is C29H36F3N3O5S. The first kappa shape index (κ1) is 32.0. The van der Waals surface area contributed by atoms with Crippen molar-refractivity contribution in [1.29, 1.82) is 0 Å². The summed E-state index contributed by atoms with van der Waals surface area (Å²) in [5, 5.41) is 9.20. The molecule has 0 fully saturated rings. The van der Waals surface area contributed by atoms with Crippen molar-refractivity contribution in [2.24, 2.45) is 0 Å². The van der Waals surface area contributed by atoms with Gasteiger partial charge in [-0.1, -0.05) is 6.07 Å². The highest BCUT2D eigenvalue weighted by atomic mass is 32.1. The lowest BCUT2D eigenvalue weighted by Crippen LogP contribution is -2.43. The first-order chi connectivity index (χ1) is 19.1. The van der Waals surface area contributed by atoms with Crippen molar-refractivity contribution in [3.05, 3.63) is 47.0 Å². The Labute approximate surface area is 241 Å². The van der Waals surface area contributed by atoms with Gasteiger partial charge in [0.05, 0.1) is 12.8 Å². The summed E-state index contributed by atoms with van der Waals surface area (Å²) in [5.41, 5.74) is 4.95. The van der Waals surface area contributed by atoms with Crippen LogP contribution in [0.3, 0.4) is 0 Å². The molecule has 0 aliphatic carbocycles. The Morgan fingerprint density at radius 1 is 1.07 bits per heavy atom. The molecule has 4 rings (SSSR count). The van der Waals surface area contributed by atoms with Crippen molar-refractivity contribution in [3.63, 3.8) is 0 Å². The Bertz CT molecular complexity index is 1380. The second-order valence-electron chi connectivity index (χ2n) is 10.8. The molecule has 1 aliphatic rings. The van der Waals surface area contributed by atoms with Gasteiger partial charge < -0.3 is 28.9 Å². The number of ether oxygens (including phenoxy) is 2. The lowest BCUT2D eigenvalue weighted by atomic mass is 9.95. The number of alkyl halides is 3. The standard InChI is InChI=1S/C27H35N3O3S.C2HF3O2/c1-27(2,3)29(6)26(31)21-16-20(24-9-8-14-34-24)25-19-17-23(33-13-12-28(4)5)22(32-7)15-18(19)10-11-30(21)25;3-2(4,5)1(6)7/h8-9,14-17H,10-13H2,1-7H3;(H,6,7). The molecular weight excluding hydrogens is 559 g/mol. The van der Waals surface area contributed by atoms with Gasteiger partial charge in [-0.2, -0.15) is 13.2 Å². The van der Waals surface area contributed by atoms with Crippen molar-refractivity contribution in [1.82, 2.24) is 14.4 Å². The minimum atomic E-state index is -5.08. The van der Waals surface area contributed by atoms with Gasteiger partial charge in [0.25, 0.3) is 5.91 Å². The monoisotopic (exact) mass is 595 g/mol. The summed E-state index contributed by atoms with van der Waals surface area (Å²) in [5.74, 6) is -1.24. The van der Waals surface area contributed by atoms with Crippen molar-refractivity contribution in [2.45, 2.75) is 45.5 Å². The SMILES string of the molecule is COc1cc2c(cc1OCCN(C)C)-c1c(-c3cccs3)cc(C(=O)N(C)C(C)(C)C)n1CC2.O=C(O)C(F)(F)F. The Morgan fingerprint density at radius 3 is 2.24 bits per heavy atom. The number of amides is 1. The van der Waals surface area contributed by atoms with E-state index in [1.807, 2.05) is 26.0 Å². The molecule has 1 N–H and O–H groups in total. The second kappa shape index (κ2) is 12.6. The Morgan fingerprint density at radius 2 is 1.73 bits per heavy atom. The average molecular weight is 596 g/mol. The van der Waals surface area contributed by atoms with Gasteiger partial charge in [0.1, 0.15) is 12.3 Å². The van der Waals surface area contributed by atoms with E-state index in [1.54, 1.807) is 18.4 Å². The molecule has 3 aromatic rings. The summed E-state index contributed by atoms with van der Waals surface area (Å²) in [6, 6.07) is 10.4. The molecule has 1 aromatic carbocycles. The molecule has 224 valence electrons. The zero-order valence-corrected chi connectivity index (χ0v) is 25.1. The van der Waals surface area contributed by atoms with Crippen LogP contribution in [0.2, 0.25) is 0 Å². The van der Waals surface area contributed by atoms with E-state index in [2.05, 4.69) is 66.0 Å². The summed E-state index contributed by atoms with van der Waals surface area (Å²) >= 11 is 1.69. The molecule has 3 heterocycles. The third kappa shape index (κ3) is 7.42. The van der Waals surface area contributed by atoms with Gasteiger partial charge in [0.2, 0.25) is 0 Å². The zero-order chi connectivity index (χ0) is 30.7. The smallest absolute Gasteiger partial charge is 0.490 e.